The van der Waals surface area contributed by atoms with Gasteiger partial charge in [0.2, 0.25) is 0 Å². The summed E-state index contributed by atoms with van der Waals surface area (Å²) in [6.07, 6.45) is 5.29. The average molecular weight is 351 g/mol. The summed E-state index contributed by atoms with van der Waals surface area (Å²) in [6.45, 7) is 6.36. The molecular weight excluding hydrogens is 334 g/mol. The van der Waals surface area contributed by atoms with Crippen LogP contribution in [0.5, 0.6) is 0 Å². The van der Waals surface area contributed by atoms with E-state index in [1.807, 2.05) is 0 Å². The summed E-state index contributed by atoms with van der Waals surface area (Å²) in [7, 11) is 0. The molecule has 0 N–H and O–H groups in total. The molecule has 0 radical (unpaired) electrons. The molecule has 1 rings (SSSR count). The second-order valence-electron chi connectivity index (χ2n) is 3.21. The van der Waals surface area contributed by atoms with Gasteiger partial charge < -0.3 is 0 Å². The predicted molar refractivity (Wildman–Crippen MR) is 53.2 cm³/mol. The van der Waals surface area contributed by atoms with Crippen molar-refractivity contribution in [2.45, 2.75) is 36.8 Å². The molecule has 0 saturated carbocycles. The summed E-state index contributed by atoms with van der Waals surface area (Å²) >= 11 is -2.72. The van der Waals surface area contributed by atoms with Gasteiger partial charge in [0.15, 0.2) is 0 Å². The Bertz CT molecular complexity index is 264. The van der Waals surface area contributed by atoms with Crippen LogP contribution in [0.1, 0.15) is 27.2 Å². The van der Waals surface area contributed by atoms with Crippen molar-refractivity contribution in [2.75, 3.05) is 0 Å². The van der Waals surface area contributed by atoms with E-state index >= 15 is 0 Å². The van der Waals surface area contributed by atoms with Crippen LogP contribution in [-0.4, -0.2) is 0 Å². The molecule has 0 heterocycles. The SMILES string of the molecule is C[CH2][W]([CH2]C)([N]=O)[C]1=C(C)C=CC1. The molecular formula is C10H17NOW. The van der Waals surface area contributed by atoms with Crippen LogP contribution in [0.4, 0.5) is 0 Å². The molecule has 0 aromatic rings. The van der Waals surface area contributed by atoms with Gasteiger partial charge in [0.25, 0.3) is 0 Å². The van der Waals surface area contributed by atoms with Crippen LogP contribution in [-0.2, 0) is 16.3 Å². The van der Waals surface area contributed by atoms with E-state index in [0.717, 1.165) is 16.0 Å². The van der Waals surface area contributed by atoms with E-state index in [1.165, 1.54) is 9.54 Å². The van der Waals surface area contributed by atoms with E-state index in [0.29, 0.717) is 0 Å². The van der Waals surface area contributed by atoms with Crippen molar-refractivity contribution in [1.82, 2.24) is 0 Å². The number of nitroso groups, excluding NO2 is 1. The molecule has 0 aliphatic heterocycles. The van der Waals surface area contributed by atoms with Gasteiger partial charge in [0.05, 0.1) is 0 Å². The maximum atomic E-state index is 11.0. The summed E-state index contributed by atoms with van der Waals surface area (Å²) in [5.41, 5.74) is 1.32. The Morgan fingerprint density at radius 3 is 2.38 bits per heavy atom. The van der Waals surface area contributed by atoms with Crippen LogP contribution in [0, 0.1) is 4.91 Å². The average Bonchev–Trinajstić information content (AvgIpc) is 2.57. The Kier molecular flexibility index (Phi) is 3.61. The summed E-state index contributed by atoms with van der Waals surface area (Å²) < 4.78 is 4.97. The number of rotatable bonds is 4. The Morgan fingerprint density at radius 1 is 1.46 bits per heavy atom. The van der Waals surface area contributed by atoms with Crippen molar-refractivity contribution in [1.29, 1.82) is 0 Å². The predicted octanol–water partition coefficient (Wildman–Crippen LogP) is 3.93. The van der Waals surface area contributed by atoms with Gasteiger partial charge in [0, 0.05) is 0 Å². The summed E-state index contributed by atoms with van der Waals surface area (Å²) in [4.78, 5) is 13.0. The molecule has 3 heteroatoms. The number of hydrogen-bond donors (Lipinski definition) is 0. The molecule has 0 spiro atoms. The van der Waals surface area contributed by atoms with Gasteiger partial charge in [-0.1, -0.05) is 0 Å². The molecule has 74 valence electrons. The second kappa shape index (κ2) is 4.32. The first-order chi connectivity index (χ1) is 6.20. The Hall–Kier alpha value is -0.232. The third kappa shape index (κ3) is 1.83. The fourth-order valence-electron chi connectivity index (χ4n) is 1.75. The van der Waals surface area contributed by atoms with Crippen molar-refractivity contribution in [2.24, 2.45) is 3.74 Å². The molecule has 0 bridgehead atoms. The van der Waals surface area contributed by atoms with Gasteiger partial charge in [-0.15, -0.1) is 0 Å². The fraction of sp³-hybridized carbons (Fsp3) is 0.600. The molecule has 1 aliphatic carbocycles. The molecule has 13 heavy (non-hydrogen) atoms. The first-order valence-corrected chi connectivity index (χ1v) is 11.6. The zero-order valence-corrected chi connectivity index (χ0v) is 11.5. The maximum absolute atomic E-state index is 11.0. The van der Waals surface area contributed by atoms with Crippen molar-refractivity contribution >= 4 is 0 Å². The topological polar surface area (TPSA) is 29.4 Å². The first kappa shape index (κ1) is 10.8. The van der Waals surface area contributed by atoms with Crippen LogP contribution in [0.2, 0.25) is 9.62 Å². The first-order valence-electron chi connectivity index (χ1n) is 4.69. The molecule has 0 amide bonds. The van der Waals surface area contributed by atoms with E-state index in [4.69, 9.17) is 0 Å². The normalized spacial score (nSPS) is 18.1. The standard InChI is InChI=1S/C6H7.2C2H5.NO.W/c1-6-4-2-3-5-6;3*1-2;/h2,4H,3H2,1H3;2*1H2,2H3;;/q;;;-1;+1. The van der Waals surface area contributed by atoms with Crippen molar-refractivity contribution in [3.05, 3.63) is 26.6 Å². The van der Waals surface area contributed by atoms with E-state index in [2.05, 4.69) is 36.7 Å². The number of nitrogens with zero attached hydrogens (tertiary/aromatic N) is 1. The van der Waals surface area contributed by atoms with Crippen LogP contribution < -0.4 is 0 Å². The summed E-state index contributed by atoms with van der Waals surface area (Å²) in [5.74, 6) is 0. The van der Waals surface area contributed by atoms with E-state index < -0.39 is 16.3 Å². The van der Waals surface area contributed by atoms with Gasteiger partial charge in [-0.2, -0.15) is 0 Å². The van der Waals surface area contributed by atoms with Gasteiger partial charge >= 0.3 is 83.5 Å². The molecule has 0 aromatic carbocycles. The summed E-state index contributed by atoms with van der Waals surface area (Å²) in [5, 5.41) is 0. The van der Waals surface area contributed by atoms with Gasteiger partial charge in [-0.05, 0) is 0 Å². The quantitative estimate of drug-likeness (QED) is 0.706. The van der Waals surface area contributed by atoms with Crippen LogP contribution in [0.15, 0.2) is 25.4 Å². The molecule has 0 unspecified atom stereocenters. The zero-order chi connectivity index (χ0) is 9.90. The van der Waals surface area contributed by atoms with Crippen LogP contribution in [0.3, 0.4) is 0 Å². The van der Waals surface area contributed by atoms with Crippen molar-refractivity contribution in [3.63, 3.8) is 0 Å². The molecule has 0 aromatic heterocycles. The zero-order valence-electron chi connectivity index (χ0n) is 8.54. The second-order valence-corrected chi connectivity index (χ2v) is 15.7. The van der Waals surface area contributed by atoms with E-state index in [-0.39, 0.29) is 0 Å². The fourth-order valence-corrected chi connectivity index (χ4v) is 10.7. The third-order valence-electron chi connectivity index (χ3n) is 2.67. The minimum absolute atomic E-state index is 0.995. The van der Waals surface area contributed by atoms with Gasteiger partial charge in [0.1, 0.15) is 0 Å². The Morgan fingerprint density at radius 2 is 2.08 bits per heavy atom. The van der Waals surface area contributed by atoms with E-state index in [1.54, 1.807) is 0 Å². The molecule has 1 aliphatic rings. The molecule has 2 nitrogen and oxygen atoms in total. The Balaban J connectivity index is 3.02. The van der Waals surface area contributed by atoms with Gasteiger partial charge in [-0.25, -0.2) is 0 Å². The van der Waals surface area contributed by atoms with Crippen LogP contribution in [0.25, 0.3) is 0 Å². The van der Waals surface area contributed by atoms with E-state index in [9.17, 15) is 4.91 Å². The number of hydrogen-bond acceptors (Lipinski definition) is 2. The molecule has 0 fully saturated rings. The molecule has 0 atom stereocenters. The molecule has 0 saturated heterocycles. The van der Waals surface area contributed by atoms with Crippen molar-refractivity contribution in [3.8, 4) is 0 Å². The summed E-state index contributed by atoms with van der Waals surface area (Å²) in [6, 6.07) is 0. The monoisotopic (exact) mass is 351 g/mol. The van der Waals surface area contributed by atoms with Crippen molar-refractivity contribution < 1.29 is 16.3 Å². The third-order valence-corrected chi connectivity index (χ3v) is 15.6. The van der Waals surface area contributed by atoms with Crippen LogP contribution >= 0.6 is 0 Å². The van der Waals surface area contributed by atoms with Gasteiger partial charge in [-0.3, -0.25) is 0 Å². The Labute approximate surface area is 83.6 Å². The number of allylic oxidation sites excluding steroid dienone is 4. The minimum atomic E-state index is -2.72.